The highest BCUT2D eigenvalue weighted by Gasteiger charge is 2.35. The third-order valence-corrected chi connectivity index (χ3v) is 7.39. The highest BCUT2D eigenvalue weighted by atomic mass is 32.2. The van der Waals surface area contributed by atoms with Gasteiger partial charge in [-0.25, -0.2) is 8.42 Å². The number of rotatable bonds is 9. The second kappa shape index (κ2) is 10.9. The van der Waals surface area contributed by atoms with Gasteiger partial charge in [0.2, 0.25) is 15.9 Å². The van der Waals surface area contributed by atoms with Crippen LogP contribution in [-0.4, -0.2) is 46.9 Å². The lowest BCUT2D eigenvalue weighted by atomic mass is 9.74. The fraction of sp³-hybridized carbons (Fsp3) is 0.296. The average Bonchev–Trinajstić information content (AvgIpc) is 2.88. The van der Waals surface area contributed by atoms with Crippen LogP contribution in [0.3, 0.4) is 0 Å². The molecule has 0 unspecified atom stereocenters. The predicted octanol–water partition coefficient (Wildman–Crippen LogP) is 4.11. The molecule has 0 atom stereocenters. The maximum absolute atomic E-state index is 12.9. The number of anilines is 1. The zero-order valence-electron chi connectivity index (χ0n) is 19.7. The third kappa shape index (κ3) is 6.41. The topological polar surface area (TPSA) is 84.9 Å². The minimum absolute atomic E-state index is 0.235. The van der Waals surface area contributed by atoms with E-state index in [2.05, 4.69) is 17.4 Å². The quantitative estimate of drug-likeness (QED) is 0.484. The number of nitrogens with zero attached hydrogens (tertiary/aromatic N) is 1. The van der Waals surface area contributed by atoms with Crippen molar-refractivity contribution in [1.82, 2.24) is 5.32 Å². The van der Waals surface area contributed by atoms with Crippen molar-refractivity contribution in [2.45, 2.75) is 18.3 Å². The number of sulfonamides is 1. The standard InChI is InChI=1S/C27H30N2O5S/c1-35(31,32)29(23-12-14-25(15-13-23)34-24-10-6-3-7-11-24)20-26(30)28-21-27(16-18-33-19-17-27)22-8-4-2-5-9-22/h2-15H,16-21H2,1H3,(H,28,30). The monoisotopic (exact) mass is 494 g/mol. The summed E-state index contributed by atoms with van der Waals surface area (Å²) >= 11 is 0. The average molecular weight is 495 g/mol. The summed E-state index contributed by atoms with van der Waals surface area (Å²) in [5.41, 5.74) is 1.31. The van der Waals surface area contributed by atoms with Crippen molar-refractivity contribution in [1.29, 1.82) is 0 Å². The van der Waals surface area contributed by atoms with E-state index < -0.39 is 10.0 Å². The van der Waals surface area contributed by atoms with Crippen molar-refractivity contribution in [3.63, 3.8) is 0 Å². The van der Waals surface area contributed by atoms with E-state index in [0.717, 1.165) is 29.0 Å². The summed E-state index contributed by atoms with van der Waals surface area (Å²) in [6.07, 6.45) is 2.67. The molecule has 1 aliphatic heterocycles. The van der Waals surface area contributed by atoms with Crippen molar-refractivity contribution in [3.8, 4) is 11.5 Å². The summed E-state index contributed by atoms with van der Waals surface area (Å²) in [6.45, 7) is 1.36. The highest BCUT2D eigenvalue weighted by Crippen LogP contribution is 2.34. The minimum atomic E-state index is -3.68. The molecule has 35 heavy (non-hydrogen) atoms. The maximum atomic E-state index is 12.9. The van der Waals surface area contributed by atoms with Gasteiger partial charge in [-0.05, 0) is 54.8 Å². The van der Waals surface area contributed by atoms with Gasteiger partial charge < -0.3 is 14.8 Å². The van der Waals surface area contributed by atoms with Gasteiger partial charge >= 0.3 is 0 Å². The second-order valence-electron chi connectivity index (χ2n) is 8.71. The molecule has 1 aliphatic rings. The van der Waals surface area contributed by atoms with Gasteiger partial charge in [0.05, 0.1) is 11.9 Å². The zero-order chi connectivity index (χ0) is 24.7. The van der Waals surface area contributed by atoms with E-state index in [9.17, 15) is 13.2 Å². The van der Waals surface area contributed by atoms with Gasteiger partial charge in [0, 0.05) is 25.2 Å². The summed E-state index contributed by atoms with van der Waals surface area (Å²) in [4.78, 5) is 12.9. The lowest BCUT2D eigenvalue weighted by Crippen LogP contribution is -2.47. The summed E-state index contributed by atoms with van der Waals surface area (Å²) in [7, 11) is -3.68. The molecule has 1 heterocycles. The van der Waals surface area contributed by atoms with Crippen molar-refractivity contribution in [3.05, 3.63) is 90.5 Å². The van der Waals surface area contributed by atoms with Gasteiger partial charge in [-0.3, -0.25) is 9.10 Å². The van der Waals surface area contributed by atoms with Crippen LogP contribution in [0.25, 0.3) is 0 Å². The molecule has 3 aromatic rings. The first-order valence-corrected chi connectivity index (χ1v) is 13.4. The molecule has 0 aliphatic carbocycles. The van der Waals surface area contributed by atoms with Crippen LogP contribution < -0.4 is 14.4 Å². The summed E-state index contributed by atoms with van der Waals surface area (Å²) in [6, 6.07) is 26.0. The Hall–Kier alpha value is -3.36. The molecular formula is C27H30N2O5S. The van der Waals surface area contributed by atoms with Crippen LogP contribution in [0, 0.1) is 0 Å². The van der Waals surface area contributed by atoms with Crippen LogP contribution in [0.2, 0.25) is 0 Å². The van der Waals surface area contributed by atoms with Gasteiger partial charge in [0.15, 0.2) is 0 Å². The van der Waals surface area contributed by atoms with E-state index in [1.807, 2.05) is 48.5 Å². The number of amides is 1. The summed E-state index contributed by atoms with van der Waals surface area (Å²) < 4.78 is 37.5. The Bertz CT molecular complexity index is 1210. The lowest BCUT2D eigenvalue weighted by molar-refractivity contribution is -0.120. The molecule has 0 aromatic heterocycles. The number of hydrogen-bond acceptors (Lipinski definition) is 5. The van der Waals surface area contributed by atoms with Gasteiger partial charge in [-0.15, -0.1) is 0 Å². The lowest BCUT2D eigenvalue weighted by Gasteiger charge is -2.38. The molecule has 7 nitrogen and oxygen atoms in total. The molecule has 1 saturated heterocycles. The molecule has 3 aromatic carbocycles. The van der Waals surface area contributed by atoms with Gasteiger partial charge in [-0.2, -0.15) is 0 Å². The summed E-state index contributed by atoms with van der Waals surface area (Å²) in [5.74, 6) is 0.893. The molecule has 0 saturated carbocycles. The van der Waals surface area contributed by atoms with E-state index in [4.69, 9.17) is 9.47 Å². The largest absolute Gasteiger partial charge is 0.457 e. The number of carbonyl (C=O) groups excluding carboxylic acids is 1. The second-order valence-corrected chi connectivity index (χ2v) is 10.6. The van der Waals surface area contributed by atoms with Crippen LogP contribution >= 0.6 is 0 Å². The van der Waals surface area contributed by atoms with E-state index >= 15 is 0 Å². The van der Waals surface area contributed by atoms with Crippen LogP contribution in [0.4, 0.5) is 5.69 Å². The molecule has 1 fully saturated rings. The number of nitrogens with one attached hydrogen (secondary N) is 1. The van der Waals surface area contributed by atoms with Crippen molar-refractivity contribution >= 4 is 21.6 Å². The fourth-order valence-corrected chi connectivity index (χ4v) is 5.14. The Morgan fingerprint density at radius 3 is 2.09 bits per heavy atom. The molecule has 1 amide bonds. The van der Waals surface area contributed by atoms with E-state index in [-0.39, 0.29) is 17.9 Å². The first-order chi connectivity index (χ1) is 16.9. The molecule has 0 bridgehead atoms. The smallest absolute Gasteiger partial charge is 0.240 e. The van der Waals surface area contributed by atoms with Crippen molar-refractivity contribution in [2.75, 3.05) is 36.9 Å². The molecule has 0 spiro atoms. The van der Waals surface area contributed by atoms with Crippen LogP contribution in [0.1, 0.15) is 18.4 Å². The van der Waals surface area contributed by atoms with Crippen LogP contribution in [0.15, 0.2) is 84.9 Å². The Balaban J connectivity index is 1.44. The maximum Gasteiger partial charge on any atom is 0.240 e. The Morgan fingerprint density at radius 1 is 0.914 bits per heavy atom. The molecule has 4 rings (SSSR count). The minimum Gasteiger partial charge on any atom is -0.457 e. The normalized spacial score (nSPS) is 15.2. The first kappa shape index (κ1) is 24.8. The predicted molar refractivity (Wildman–Crippen MR) is 136 cm³/mol. The van der Waals surface area contributed by atoms with E-state index in [1.54, 1.807) is 24.3 Å². The van der Waals surface area contributed by atoms with Crippen molar-refractivity contribution in [2.24, 2.45) is 0 Å². The third-order valence-electron chi connectivity index (χ3n) is 6.25. The molecule has 0 radical (unpaired) electrons. The fourth-order valence-electron chi connectivity index (χ4n) is 4.28. The Morgan fingerprint density at radius 2 is 1.49 bits per heavy atom. The Kier molecular flexibility index (Phi) is 7.73. The Labute approximate surface area is 206 Å². The number of carbonyl (C=O) groups is 1. The van der Waals surface area contributed by atoms with Gasteiger partial charge in [-0.1, -0.05) is 48.5 Å². The number of ether oxygens (including phenoxy) is 2. The van der Waals surface area contributed by atoms with Crippen LogP contribution in [-0.2, 0) is 25.0 Å². The van der Waals surface area contributed by atoms with Gasteiger partial charge in [0.1, 0.15) is 18.0 Å². The molecular weight excluding hydrogens is 464 g/mol. The van der Waals surface area contributed by atoms with E-state index in [0.29, 0.717) is 36.9 Å². The van der Waals surface area contributed by atoms with Crippen molar-refractivity contribution < 1.29 is 22.7 Å². The van der Waals surface area contributed by atoms with Gasteiger partial charge in [0.25, 0.3) is 0 Å². The number of para-hydroxylation sites is 1. The molecule has 1 N–H and O–H groups in total. The summed E-state index contributed by atoms with van der Waals surface area (Å²) in [5, 5.41) is 2.98. The number of benzene rings is 3. The highest BCUT2D eigenvalue weighted by molar-refractivity contribution is 7.92. The van der Waals surface area contributed by atoms with Crippen LogP contribution in [0.5, 0.6) is 11.5 Å². The van der Waals surface area contributed by atoms with E-state index in [1.165, 1.54) is 0 Å². The first-order valence-electron chi connectivity index (χ1n) is 11.6. The molecule has 184 valence electrons. The zero-order valence-corrected chi connectivity index (χ0v) is 20.5. The number of hydrogen-bond donors (Lipinski definition) is 1. The molecule has 8 heteroatoms. The SMILES string of the molecule is CS(=O)(=O)N(CC(=O)NCC1(c2ccccc2)CCOCC1)c1ccc(Oc2ccccc2)cc1.